The van der Waals surface area contributed by atoms with Gasteiger partial charge in [-0.3, -0.25) is 9.79 Å². The third-order valence-corrected chi connectivity index (χ3v) is 4.47. The highest BCUT2D eigenvalue weighted by atomic mass is 127. The van der Waals surface area contributed by atoms with E-state index in [0.717, 1.165) is 30.8 Å². The molecule has 0 saturated heterocycles. The molecular formula is C18H23F3IN7O2. The van der Waals surface area contributed by atoms with Crippen LogP contribution in [0, 0.1) is 17.5 Å². The number of nitrogens with one attached hydrogen (secondary N) is 3. The van der Waals surface area contributed by atoms with E-state index in [4.69, 9.17) is 4.74 Å². The fourth-order valence-electron chi connectivity index (χ4n) is 3.04. The summed E-state index contributed by atoms with van der Waals surface area (Å²) in [7, 11) is 3.12. The summed E-state index contributed by atoms with van der Waals surface area (Å²) in [6, 6.07) is 1.70. The van der Waals surface area contributed by atoms with Gasteiger partial charge in [-0.1, -0.05) is 0 Å². The van der Waals surface area contributed by atoms with Crippen molar-refractivity contribution < 1.29 is 22.7 Å². The van der Waals surface area contributed by atoms with E-state index in [-0.39, 0.29) is 36.6 Å². The van der Waals surface area contributed by atoms with Crippen LogP contribution in [0.15, 0.2) is 17.1 Å². The largest absolute Gasteiger partial charge is 0.377 e. The predicted octanol–water partition coefficient (Wildman–Crippen LogP) is 1.58. The zero-order valence-electron chi connectivity index (χ0n) is 16.9. The zero-order chi connectivity index (χ0) is 21.7. The third-order valence-electron chi connectivity index (χ3n) is 4.47. The van der Waals surface area contributed by atoms with E-state index in [0.29, 0.717) is 24.9 Å². The molecule has 170 valence electrons. The minimum Gasteiger partial charge on any atom is -0.377 e. The molecule has 1 amide bonds. The highest BCUT2D eigenvalue weighted by Crippen LogP contribution is 2.19. The number of ether oxygens (including phenoxy) is 1. The molecule has 0 spiro atoms. The maximum absolute atomic E-state index is 13.7. The molecule has 1 aliphatic heterocycles. The van der Waals surface area contributed by atoms with Crippen molar-refractivity contribution in [3.05, 3.63) is 41.2 Å². The summed E-state index contributed by atoms with van der Waals surface area (Å²) in [5, 5.41) is 12.6. The Morgan fingerprint density at radius 1 is 1.32 bits per heavy atom. The Labute approximate surface area is 193 Å². The maximum atomic E-state index is 13.7. The molecule has 9 nitrogen and oxygen atoms in total. The van der Waals surface area contributed by atoms with Crippen LogP contribution >= 0.6 is 24.0 Å². The first kappa shape index (κ1) is 24.8. The van der Waals surface area contributed by atoms with Gasteiger partial charge < -0.3 is 20.7 Å². The van der Waals surface area contributed by atoms with Crippen molar-refractivity contribution in [2.24, 2.45) is 4.99 Å². The van der Waals surface area contributed by atoms with E-state index in [1.54, 1.807) is 18.8 Å². The Morgan fingerprint density at radius 2 is 2.10 bits per heavy atom. The number of hydrogen-bond acceptors (Lipinski definition) is 5. The minimum absolute atomic E-state index is 0. The summed E-state index contributed by atoms with van der Waals surface area (Å²) >= 11 is 0. The molecule has 0 fully saturated rings. The first-order valence-electron chi connectivity index (χ1n) is 9.23. The van der Waals surface area contributed by atoms with E-state index in [9.17, 15) is 18.0 Å². The molecule has 1 atom stereocenters. The molecule has 31 heavy (non-hydrogen) atoms. The molecule has 3 rings (SSSR count). The summed E-state index contributed by atoms with van der Waals surface area (Å²) < 4.78 is 46.7. The molecule has 1 unspecified atom stereocenters. The molecule has 2 heterocycles. The SMILES string of the molecule is CN=C(NCC(=O)Nc1ccc(F)c(F)c1F)NC1CCc2nc(COC)nn2C1.I. The molecule has 1 aromatic carbocycles. The van der Waals surface area contributed by atoms with Crippen molar-refractivity contribution in [2.45, 2.75) is 32.0 Å². The standard InChI is InChI=1S/C18H22F3N7O2.HI/c1-22-18(23-7-15(29)25-12-5-4-11(19)16(20)17(12)21)24-10-3-6-14-26-13(9-30-2)27-28(14)8-10;/h4-5,10H,3,6-9H2,1-2H3,(H,25,29)(H2,22,23,24);1H. The van der Waals surface area contributed by atoms with Crippen LogP contribution in [0.3, 0.4) is 0 Å². The number of carbonyl (C=O) groups is 1. The van der Waals surface area contributed by atoms with Crippen LogP contribution in [-0.4, -0.2) is 53.4 Å². The number of aliphatic imine (C=N–C) groups is 1. The number of aryl methyl sites for hydroxylation is 1. The highest BCUT2D eigenvalue weighted by molar-refractivity contribution is 14.0. The number of anilines is 1. The second-order valence-corrected chi connectivity index (χ2v) is 6.64. The first-order valence-corrected chi connectivity index (χ1v) is 9.23. The molecule has 2 aromatic rings. The van der Waals surface area contributed by atoms with E-state index < -0.39 is 29.0 Å². The van der Waals surface area contributed by atoms with Crippen LogP contribution in [0.4, 0.5) is 18.9 Å². The van der Waals surface area contributed by atoms with Crippen LogP contribution in [0.25, 0.3) is 0 Å². The average Bonchev–Trinajstić information content (AvgIpc) is 3.13. The van der Waals surface area contributed by atoms with Gasteiger partial charge in [0.15, 0.2) is 29.2 Å². The lowest BCUT2D eigenvalue weighted by Gasteiger charge is -2.25. The Morgan fingerprint density at radius 3 is 2.81 bits per heavy atom. The molecule has 3 N–H and O–H groups in total. The Bertz CT molecular complexity index is 954. The lowest BCUT2D eigenvalue weighted by atomic mass is 10.1. The molecule has 0 radical (unpaired) electrons. The topological polar surface area (TPSA) is 105 Å². The molecule has 0 bridgehead atoms. The van der Waals surface area contributed by atoms with Gasteiger partial charge in [-0.15, -0.1) is 24.0 Å². The van der Waals surface area contributed by atoms with Crippen LogP contribution < -0.4 is 16.0 Å². The van der Waals surface area contributed by atoms with E-state index in [1.165, 1.54) is 0 Å². The number of aromatic nitrogens is 3. The Kier molecular flexibility index (Phi) is 9.03. The number of rotatable bonds is 6. The van der Waals surface area contributed by atoms with Gasteiger partial charge in [-0.2, -0.15) is 5.10 Å². The molecule has 0 aliphatic carbocycles. The Balaban J connectivity index is 0.00000341. The van der Waals surface area contributed by atoms with Crippen LogP contribution in [0.2, 0.25) is 0 Å². The maximum Gasteiger partial charge on any atom is 0.243 e. The molecule has 13 heteroatoms. The number of benzene rings is 1. The second kappa shape index (κ2) is 11.3. The normalized spacial score (nSPS) is 15.6. The molecular weight excluding hydrogens is 530 g/mol. The van der Waals surface area contributed by atoms with Gasteiger partial charge in [-0.25, -0.2) is 22.8 Å². The number of nitrogens with zero attached hydrogens (tertiary/aromatic N) is 4. The number of hydrogen-bond donors (Lipinski definition) is 3. The zero-order valence-corrected chi connectivity index (χ0v) is 19.2. The summed E-state index contributed by atoms with van der Waals surface area (Å²) in [5.41, 5.74) is -0.443. The van der Waals surface area contributed by atoms with Gasteiger partial charge in [0, 0.05) is 26.6 Å². The van der Waals surface area contributed by atoms with Gasteiger partial charge >= 0.3 is 0 Å². The second-order valence-electron chi connectivity index (χ2n) is 6.64. The fourth-order valence-corrected chi connectivity index (χ4v) is 3.04. The first-order chi connectivity index (χ1) is 14.4. The summed E-state index contributed by atoms with van der Waals surface area (Å²) in [6.45, 7) is 0.658. The lowest BCUT2D eigenvalue weighted by Crippen LogP contribution is -2.48. The molecule has 0 saturated carbocycles. The average molecular weight is 553 g/mol. The third kappa shape index (κ3) is 6.29. The monoisotopic (exact) mass is 553 g/mol. The number of fused-ring (bicyclic) bond motifs is 1. The smallest absolute Gasteiger partial charge is 0.243 e. The van der Waals surface area contributed by atoms with E-state index >= 15 is 0 Å². The van der Waals surface area contributed by atoms with Crippen LogP contribution in [-0.2, 0) is 29.1 Å². The predicted molar refractivity (Wildman–Crippen MR) is 118 cm³/mol. The van der Waals surface area contributed by atoms with Crippen LogP contribution in [0.1, 0.15) is 18.1 Å². The summed E-state index contributed by atoms with van der Waals surface area (Å²) in [5.74, 6) is -3.20. The van der Waals surface area contributed by atoms with Gasteiger partial charge in [0.25, 0.3) is 0 Å². The summed E-state index contributed by atoms with van der Waals surface area (Å²) in [4.78, 5) is 20.5. The Hall–Kier alpha value is -2.42. The van der Waals surface area contributed by atoms with E-state index in [1.807, 2.05) is 0 Å². The number of methoxy groups -OCH3 is 1. The quantitative estimate of drug-likeness (QED) is 0.217. The number of halogens is 4. The van der Waals surface area contributed by atoms with Gasteiger partial charge in [-0.05, 0) is 18.6 Å². The van der Waals surface area contributed by atoms with Gasteiger partial charge in [0.1, 0.15) is 12.4 Å². The molecule has 1 aromatic heterocycles. The van der Waals surface area contributed by atoms with Crippen molar-refractivity contribution in [2.75, 3.05) is 26.0 Å². The number of amides is 1. The van der Waals surface area contributed by atoms with Gasteiger partial charge in [0.2, 0.25) is 5.91 Å². The highest BCUT2D eigenvalue weighted by Gasteiger charge is 2.22. The van der Waals surface area contributed by atoms with Crippen LogP contribution in [0.5, 0.6) is 0 Å². The van der Waals surface area contributed by atoms with Crippen molar-refractivity contribution in [1.82, 2.24) is 25.4 Å². The van der Waals surface area contributed by atoms with Crippen molar-refractivity contribution in [3.63, 3.8) is 0 Å². The molecule has 1 aliphatic rings. The minimum atomic E-state index is -1.64. The number of guanidine groups is 1. The van der Waals surface area contributed by atoms with E-state index in [2.05, 4.69) is 31.0 Å². The van der Waals surface area contributed by atoms with Crippen molar-refractivity contribution in [3.8, 4) is 0 Å². The van der Waals surface area contributed by atoms with Gasteiger partial charge in [0.05, 0.1) is 18.8 Å². The lowest BCUT2D eigenvalue weighted by molar-refractivity contribution is -0.115. The van der Waals surface area contributed by atoms with Crippen molar-refractivity contribution in [1.29, 1.82) is 0 Å². The fraction of sp³-hybridized carbons (Fsp3) is 0.444. The summed E-state index contributed by atoms with van der Waals surface area (Å²) in [6.07, 6.45) is 1.51. The number of carbonyl (C=O) groups excluding carboxylic acids is 1. The van der Waals surface area contributed by atoms with Crippen molar-refractivity contribution >= 4 is 41.5 Å².